The van der Waals surface area contributed by atoms with Gasteiger partial charge in [-0.05, 0) is 24.7 Å². The van der Waals surface area contributed by atoms with Crippen molar-refractivity contribution in [1.82, 2.24) is 4.90 Å². The molecule has 3 unspecified atom stereocenters. The molecule has 3 atom stereocenters. The first-order valence-corrected chi connectivity index (χ1v) is 6.10. The molecule has 0 bridgehead atoms. The van der Waals surface area contributed by atoms with Crippen molar-refractivity contribution >= 4 is 5.91 Å². The van der Waals surface area contributed by atoms with Gasteiger partial charge in [0.1, 0.15) is 0 Å². The molecule has 1 fully saturated rings. The van der Waals surface area contributed by atoms with Crippen LogP contribution in [0.3, 0.4) is 0 Å². The van der Waals surface area contributed by atoms with Gasteiger partial charge >= 0.3 is 0 Å². The van der Waals surface area contributed by atoms with Crippen LogP contribution in [0.25, 0.3) is 0 Å². The van der Waals surface area contributed by atoms with Gasteiger partial charge in [-0.1, -0.05) is 27.2 Å². The number of likely N-dealkylation sites (tertiary alicyclic amines) is 1. The summed E-state index contributed by atoms with van der Waals surface area (Å²) >= 11 is 0. The van der Waals surface area contributed by atoms with Gasteiger partial charge in [0.05, 0.1) is 6.04 Å². The van der Waals surface area contributed by atoms with Gasteiger partial charge in [0.25, 0.3) is 0 Å². The van der Waals surface area contributed by atoms with Crippen molar-refractivity contribution < 1.29 is 4.79 Å². The Morgan fingerprint density at radius 3 is 2.67 bits per heavy atom. The maximum atomic E-state index is 11.9. The molecule has 15 heavy (non-hydrogen) atoms. The number of nitrogens with two attached hydrogens (primary N) is 1. The first-order valence-electron chi connectivity index (χ1n) is 6.10. The molecule has 1 aliphatic rings. The number of rotatable bonds is 3. The second-order valence-corrected chi connectivity index (χ2v) is 4.92. The molecular formula is C12H24N2O. The van der Waals surface area contributed by atoms with Gasteiger partial charge in [-0.2, -0.15) is 0 Å². The molecule has 0 spiro atoms. The zero-order valence-electron chi connectivity index (χ0n) is 10.2. The second-order valence-electron chi connectivity index (χ2n) is 4.92. The molecule has 0 radical (unpaired) electrons. The fourth-order valence-corrected chi connectivity index (χ4v) is 2.13. The summed E-state index contributed by atoms with van der Waals surface area (Å²) in [4.78, 5) is 13.9. The topological polar surface area (TPSA) is 46.3 Å². The Bertz CT molecular complexity index is 218. The Balaban J connectivity index is 2.47. The largest absolute Gasteiger partial charge is 0.341 e. The molecule has 3 nitrogen and oxygen atoms in total. The molecule has 1 saturated heterocycles. The van der Waals surface area contributed by atoms with E-state index in [-0.39, 0.29) is 11.9 Å². The number of hydrogen-bond donors (Lipinski definition) is 1. The summed E-state index contributed by atoms with van der Waals surface area (Å²) in [5.74, 6) is 1.49. The fraction of sp³-hybridized carbons (Fsp3) is 0.917. The van der Waals surface area contributed by atoms with Gasteiger partial charge in [-0.25, -0.2) is 0 Å². The van der Waals surface area contributed by atoms with E-state index in [4.69, 9.17) is 5.73 Å². The molecule has 0 saturated carbocycles. The van der Waals surface area contributed by atoms with E-state index in [1.54, 1.807) is 0 Å². The van der Waals surface area contributed by atoms with Crippen LogP contribution < -0.4 is 5.73 Å². The Morgan fingerprint density at radius 1 is 1.47 bits per heavy atom. The van der Waals surface area contributed by atoms with Crippen LogP contribution >= 0.6 is 0 Å². The quantitative estimate of drug-likeness (QED) is 0.772. The van der Waals surface area contributed by atoms with Crippen LogP contribution in [0.4, 0.5) is 0 Å². The average molecular weight is 212 g/mol. The highest BCUT2D eigenvalue weighted by atomic mass is 16.2. The third-order valence-electron chi connectivity index (χ3n) is 3.56. The molecule has 0 aromatic carbocycles. The number of carbonyl (C=O) groups excluding carboxylic acids is 1. The number of hydrogen-bond acceptors (Lipinski definition) is 2. The van der Waals surface area contributed by atoms with Crippen LogP contribution in [0, 0.1) is 11.8 Å². The predicted molar refractivity (Wildman–Crippen MR) is 62.4 cm³/mol. The Labute approximate surface area is 93.0 Å². The SMILES string of the molecule is CCCC(N)C(=O)N1CCC(C)C(C)C1. The van der Waals surface area contributed by atoms with Crippen LogP contribution in [0.2, 0.25) is 0 Å². The molecule has 0 aromatic rings. The van der Waals surface area contributed by atoms with E-state index in [9.17, 15) is 4.79 Å². The predicted octanol–water partition coefficient (Wildman–Crippen LogP) is 1.62. The van der Waals surface area contributed by atoms with Crippen LogP contribution in [-0.4, -0.2) is 29.9 Å². The zero-order valence-corrected chi connectivity index (χ0v) is 10.2. The lowest BCUT2D eigenvalue weighted by atomic mass is 9.88. The summed E-state index contributed by atoms with van der Waals surface area (Å²) in [5.41, 5.74) is 5.85. The van der Waals surface area contributed by atoms with E-state index >= 15 is 0 Å². The van der Waals surface area contributed by atoms with Crippen LogP contribution in [-0.2, 0) is 4.79 Å². The highest BCUT2D eigenvalue weighted by Crippen LogP contribution is 2.22. The van der Waals surface area contributed by atoms with E-state index in [1.807, 2.05) is 4.90 Å². The summed E-state index contributed by atoms with van der Waals surface area (Å²) in [7, 11) is 0. The summed E-state index contributed by atoms with van der Waals surface area (Å²) in [6.45, 7) is 8.32. The van der Waals surface area contributed by atoms with Gasteiger partial charge in [-0.15, -0.1) is 0 Å². The highest BCUT2D eigenvalue weighted by Gasteiger charge is 2.28. The molecule has 88 valence electrons. The Morgan fingerprint density at radius 2 is 2.13 bits per heavy atom. The van der Waals surface area contributed by atoms with E-state index in [1.165, 1.54) is 0 Å². The maximum Gasteiger partial charge on any atom is 0.239 e. The zero-order chi connectivity index (χ0) is 11.4. The maximum absolute atomic E-state index is 11.9. The van der Waals surface area contributed by atoms with Crippen LogP contribution in [0.1, 0.15) is 40.0 Å². The van der Waals surface area contributed by atoms with Crippen molar-refractivity contribution in [1.29, 1.82) is 0 Å². The molecule has 0 aromatic heterocycles. The first kappa shape index (κ1) is 12.5. The lowest BCUT2D eigenvalue weighted by Crippen LogP contribution is -2.49. The third kappa shape index (κ3) is 3.20. The molecule has 3 heteroatoms. The Hall–Kier alpha value is -0.570. The van der Waals surface area contributed by atoms with Gasteiger partial charge in [-0.3, -0.25) is 4.79 Å². The average Bonchev–Trinajstić information content (AvgIpc) is 2.21. The lowest BCUT2D eigenvalue weighted by molar-refractivity contribution is -0.135. The minimum atomic E-state index is -0.282. The normalized spacial score (nSPS) is 28.9. The minimum absolute atomic E-state index is 0.149. The van der Waals surface area contributed by atoms with Crippen LogP contribution in [0.15, 0.2) is 0 Å². The first-order chi connectivity index (χ1) is 7.06. The molecule has 1 amide bonds. The smallest absolute Gasteiger partial charge is 0.239 e. The summed E-state index contributed by atoms with van der Waals surface area (Å²) < 4.78 is 0. The van der Waals surface area contributed by atoms with Crippen molar-refractivity contribution in [2.24, 2.45) is 17.6 Å². The number of amides is 1. The number of piperidine rings is 1. The molecular weight excluding hydrogens is 188 g/mol. The van der Waals surface area contributed by atoms with E-state index < -0.39 is 0 Å². The second kappa shape index (κ2) is 5.50. The van der Waals surface area contributed by atoms with Crippen molar-refractivity contribution in [3.8, 4) is 0 Å². The molecule has 2 N–H and O–H groups in total. The third-order valence-corrected chi connectivity index (χ3v) is 3.56. The van der Waals surface area contributed by atoms with Crippen molar-refractivity contribution in [3.63, 3.8) is 0 Å². The molecule has 1 heterocycles. The van der Waals surface area contributed by atoms with E-state index in [0.29, 0.717) is 5.92 Å². The van der Waals surface area contributed by atoms with Crippen molar-refractivity contribution in [2.75, 3.05) is 13.1 Å². The van der Waals surface area contributed by atoms with Crippen molar-refractivity contribution in [2.45, 2.75) is 46.1 Å². The van der Waals surface area contributed by atoms with Gasteiger partial charge in [0, 0.05) is 13.1 Å². The van der Waals surface area contributed by atoms with Gasteiger partial charge in [0.2, 0.25) is 5.91 Å². The molecule has 0 aliphatic carbocycles. The van der Waals surface area contributed by atoms with Crippen LogP contribution in [0.5, 0.6) is 0 Å². The van der Waals surface area contributed by atoms with Gasteiger partial charge < -0.3 is 10.6 Å². The van der Waals surface area contributed by atoms with Gasteiger partial charge in [0.15, 0.2) is 0 Å². The highest BCUT2D eigenvalue weighted by molar-refractivity contribution is 5.81. The fourth-order valence-electron chi connectivity index (χ4n) is 2.13. The number of nitrogens with zero attached hydrogens (tertiary/aromatic N) is 1. The number of carbonyl (C=O) groups is 1. The summed E-state index contributed by atoms with van der Waals surface area (Å²) in [5, 5.41) is 0. The van der Waals surface area contributed by atoms with E-state index in [0.717, 1.165) is 38.3 Å². The standard InChI is InChI=1S/C12H24N2O/c1-4-5-11(13)12(15)14-7-6-9(2)10(3)8-14/h9-11H,4-8,13H2,1-3H3. The van der Waals surface area contributed by atoms with E-state index in [2.05, 4.69) is 20.8 Å². The lowest BCUT2D eigenvalue weighted by Gasteiger charge is -2.36. The summed E-state index contributed by atoms with van der Waals surface area (Å²) in [6.07, 6.45) is 2.90. The van der Waals surface area contributed by atoms with Crippen molar-refractivity contribution in [3.05, 3.63) is 0 Å². The Kier molecular flexibility index (Phi) is 4.58. The molecule has 1 aliphatic heterocycles. The molecule has 1 rings (SSSR count). The minimum Gasteiger partial charge on any atom is -0.341 e. The monoisotopic (exact) mass is 212 g/mol. The summed E-state index contributed by atoms with van der Waals surface area (Å²) in [6, 6.07) is -0.282.